The molecule has 36 heavy (non-hydrogen) atoms. The smallest absolute Gasteiger partial charge is 0.271 e. The molecule has 1 fully saturated rings. The van der Waals surface area contributed by atoms with Crippen molar-refractivity contribution in [1.29, 1.82) is 5.41 Å². The number of nitrogens with two attached hydrogens (primary N) is 1. The van der Waals surface area contributed by atoms with E-state index in [0.717, 1.165) is 17.3 Å². The quantitative estimate of drug-likeness (QED) is 0.377. The molecule has 0 unspecified atom stereocenters. The molecule has 0 aromatic heterocycles. The number of methoxy groups -OCH3 is 1. The largest absolute Gasteiger partial charge is 0.493 e. The minimum Gasteiger partial charge on any atom is -0.493 e. The van der Waals surface area contributed by atoms with Crippen molar-refractivity contribution < 1.29 is 22.7 Å². The number of hydrogen-bond donors (Lipinski definition) is 2. The van der Waals surface area contributed by atoms with Crippen LogP contribution in [0.25, 0.3) is 6.08 Å². The predicted octanol–water partition coefficient (Wildman–Crippen LogP) is 5.28. The number of thioether (sulfide) groups is 1. The summed E-state index contributed by atoms with van der Waals surface area (Å²) in [6.45, 7) is 0.206. The van der Waals surface area contributed by atoms with Crippen LogP contribution >= 0.6 is 35.0 Å². The number of primary sulfonamides is 1. The molecule has 12 heteroatoms. The first-order chi connectivity index (χ1) is 17.1. The van der Waals surface area contributed by atoms with Gasteiger partial charge >= 0.3 is 0 Å². The van der Waals surface area contributed by atoms with E-state index in [1.54, 1.807) is 42.5 Å². The summed E-state index contributed by atoms with van der Waals surface area (Å²) in [6, 6.07) is 15.8. The highest BCUT2D eigenvalue weighted by Crippen LogP contribution is 2.37. The molecule has 1 aliphatic rings. The highest BCUT2D eigenvalue weighted by Gasteiger charge is 2.33. The summed E-state index contributed by atoms with van der Waals surface area (Å²) in [7, 11) is -2.36. The van der Waals surface area contributed by atoms with Gasteiger partial charge in [-0.1, -0.05) is 35.3 Å². The SMILES string of the molecule is COc1cc(/C=C2\SC(=N)N(c3ccc(S(N)(=O)=O)cc3)C2=O)ccc1OCc1ccc(Cl)cc1Cl. The van der Waals surface area contributed by atoms with Crippen molar-refractivity contribution >= 4 is 67.8 Å². The predicted molar refractivity (Wildman–Crippen MR) is 142 cm³/mol. The van der Waals surface area contributed by atoms with Gasteiger partial charge in [-0.25, -0.2) is 13.6 Å². The van der Waals surface area contributed by atoms with Gasteiger partial charge in [0.15, 0.2) is 16.7 Å². The molecule has 1 saturated heterocycles. The average molecular weight is 564 g/mol. The number of amidine groups is 1. The third kappa shape index (κ3) is 5.69. The number of halogens is 2. The lowest BCUT2D eigenvalue weighted by molar-refractivity contribution is -0.113. The maximum absolute atomic E-state index is 13.0. The average Bonchev–Trinajstić information content (AvgIpc) is 3.11. The maximum atomic E-state index is 13.0. The number of benzene rings is 3. The summed E-state index contributed by atoms with van der Waals surface area (Å²) in [6.07, 6.45) is 1.64. The van der Waals surface area contributed by atoms with E-state index in [1.807, 2.05) is 0 Å². The van der Waals surface area contributed by atoms with Crippen molar-refractivity contribution in [3.8, 4) is 11.5 Å². The van der Waals surface area contributed by atoms with Crippen molar-refractivity contribution in [3.05, 3.63) is 86.7 Å². The standard InChI is InChI=1S/C24H19Cl2N3O5S2/c1-33-21-10-14(2-9-20(21)34-13-15-3-4-16(25)12-19(15)26)11-22-23(30)29(24(27)35-22)17-5-7-18(8-6-17)36(28,31)32/h2-12,27H,13H2,1H3,(H2,28,31,32)/b22-11-,27-24?. The van der Waals surface area contributed by atoms with E-state index in [9.17, 15) is 13.2 Å². The summed E-state index contributed by atoms with van der Waals surface area (Å²) in [4.78, 5) is 14.4. The molecule has 3 aromatic carbocycles. The van der Waals surface area contributed by atoms with E-state index < -0.39 is 15.9 Å². The Morgan fingerprint density at radius 2 is 1.78 bits per heavy atom. The number of nitrogens with zero attached hydrogens (tertiary/aromatic N) is 1. The number of hydrogen-bond acceptors (Lipinski definition) is 7. The van der Waals surface area contributed by atoms with Gasteiger partial charge in [0.05, 0.1) is 22.6 Å². The second-order valence-electron chi connectivity index (χ2n) is 7.53. The molecule has 0 bridgehead atoms. The molecule has 0 aliphatic carbocycles. The van der Waals surface area contributed by atoms with Crippen molar-refractivity contribution in [2.45, 2.75) is 11.5 Å². The second-order valence-corrected chi connectivity index (χ2v) is 11.0. The second kappa shape index (κ2) is 10.5. The molecule has 1 amide bonds. The fourth-order valence-corrected chi connectivity index (χ4v) is 5.19. The van der Waals surface area contributed by atoms with Crippen LogP contribution in [-0.4, -0.2) is 26.6 Å². The number of carbonyl (C=O) groups is 1. The third-order valence-corrected chi connectivity index (χ3v) is 7.54. The summed E-state index contributed by atoms with van der Waals surface area (Å²) >= 11 is 13.1. The van der Waals surface area contributed by atoms with Crippen LogP contribution in [0.5, 0.6) is 11.5 Å². The summed E-state index contributed by atoms with van der Waals surface area (Å²) < 4.78 is 34.3. The van der Waals surface area contributed by atoms with Crippen LogP contribution in [0.2, 0.25) is 10.0 Å². The van der Waals surface area contributed by atoms with Gasteiger partial charge in [0.1, 0.15) is 6.61 Å². The van der Waals surface area contributed by atoms with Gasteiger partial charge in [0.25, 0.3) is 5.91 Å². The van der Waals surface area contributed by atoms with Gasteiger partial charge < -0.3 is 9.47 Å². The highest BCUT2D eigenvalue weighted by atomic mass is 35.5. The first kappa shape index (κ1) is 26.1. The van der Waals surface area contributed by atoms with Gasteiger partial charge in [-0.3, -0.25) is 15.1 Å². The van der Waals surface area contributed by atoms with Crippen LogP contribution in [0.4, 0.5) is 5.69 Å². The van der Waals surface area contributed by atoms with Crippen LogP contribution in [0, 0.1) is 5.41 Å². The Morgan fingerprint density at radius 1 is 1.06 bits per heavy atom. The van der Waals surface area contributed by atoms with E-state index in [0.29, 0.717) is 37.7 Å². The molecular formula is C24H19Cl2N3O5S2. The topological polar surface area (TPSA) is 123 Å². The first-order valence-corrected chi connectivity index (χ1v) is 13.4. The van der Waals surface area contributed by atoms with Crippen molar-refractivity contribution in [2.75, 3.05) is 12.0 Å². The van der Waals surface area contributed by atoms with Crippen molar-refractivity contribution in [1.82, 2.24) is 0 Å². The Bertz CT molecular complexity index is 1490. The van der Waals surface area contributed by atoms with Crippen molar-refractivity contribution in [2.24, 2.45) is 5.14 Å². The number of amides is 1. The van der Waals surface area contributed by atoms with Gasteiger partial charge in [-0.15, -0.1) is 0 Å². The molecule has 0 radical (unpaired) electrons. The normalized spacial score (nSPS) is 15.0. The molecule has 4 rings (SSSR count). The number of carbonyl (C=O) groups excluding carboxylic acids is 1. The fraction of sp³-hybridized carbons (Fsp3) is 0.0833. The zero-order valence-corrected chi connectivity index (χ0v) is 21.8. The van der Waals surface area contributed by atoms with E-state index >= 15 is 0 Å². The molecule has 0 atom stereocenters. The Balaban J connectivity index is 1.53. The molecule has 0 saturated carbocycles. The fourth-order valence-electron chi connectivity index (χ4n) is 3.35. The van der Waals surface area contributed by atoms with E-state index in [4.69, 9.17) is 43.2 Å². The minimum atomic E-state index is -3.86. The zero-order chi connectivity index (χ0) is 26.0. The lowest BCUT2D eigenvalue weighted by Crippen LogP contribution is -2.28. The van der Waals surface area contributed by atoms with Crippen LogP contribution < -0.4 is 19.5 Å². The molecule has 3 aromatic rings. The van der Waals surface area contributed by atoms with Crippen LogP contribution in [0.3, 0.4) is 0 Å². The van der Waals surface area contributed by atoms with Crippen LogP contribution in [-0.2, 0) is 21.4 Å². The van der Waals surface area contributed by atoms with Crippen molar-refractivity contribution in [3.63, 3.8) is 0 Å². The first-order valence-electron chi connectivity index (χ1n) is 10.3. The minimum absolute atomic E-state index is 0.0126. The van der Waals surface area contributed by atoms with Gasteiger partial charge in [-0.05, 0) is 71.9 Å². The van der Waals surface area contributed by atoms with Crippen LogP contribution in [0.1, 0.15) is 11.1 Å². The van der Waals surface area contributed by atoms with Gasteiger partial charge in [0, 0.05) is 15.6 Å². The molecule has 3 N–H and O–H groups in total. The molecule has 8 nitrogen and oxygen atoms in total. The summed E-state index contributed by atoms with van der Waals surface area (Å²) in [5.41, 5.74) is 1.78. The third-order valence-electron chi connectivity index (χ3n) is 5.13. The van der Waals surface area contributed by atoms with E-state index in [2.05, 4.69) is 0 Å². The molecule has 1 heterocycles. The number of nitrogens with one attached hydrogen (secondary N) is 1. The Kier molecular flexibility index (Phi) is 7.62. The number of rotatable bonds is 7. The molecule has 1 aliphatic heterocycles. The molecule has 186 valence electrons. The molecular weight excluding hydrogens is 545 g/mol. The summed E-state index contributed by atoms with van der Waals surface area (Å²) in [5, 5.41) is 14.4. The molecule has 0 spiro atoms. The zero-order valence-electron chi connectivity index (χ0n) is 18.7. The Hall–Kier alpha value is -3.02. The Labute approximate surface area is 222 Å². The van der Waals surface area contributed by atoms with E-state index in [1.165, 1.54) is 36.3 Å². The number of sulfonamides is 1. The summed E-state index contributed by atoms with van der Waals surface area (Å²) in [5.74, 6) is 0.529. The highest BCUT2D eigenvalue weighted by molar-refractivity contribution is 8.19. The Morgan fingerprint density at radius 3 is 2.42 bits per heavy atom. The van der Waals surface area contributed by atoms with Crippen LogP contribution in [0.15, 0.2) is 70.5 Å². The maximum Gasteiger partial charge on any atom is 0.271 e. The number of anilines is 1. The monoisotopic (exact) mass is 563 g/mol. The van der Waals surface area contributed by atoms with Gasteiger partial charge in [0.2, 0.25) is 10.0 Å². The number of ether oxygens (including phenoxy) is 2. The lowest BCUT2D eigenvalue weighted by Gasteiger charge is -2.14. The lowest BCUT2D eigenvalue weighted by atomic mass is 10.1. The van der Waals surface area contributed by atoms with Gasteiger partial charge in [-0.2, -0.15) is 0 Å². The van der Waals surface area contributed by atoms with E-state index in [-0.39, 0.29) is 16.7 Å².